The largest absolute Gasteiger partial charge is 0.524 e. The minimum Gasteiger partial charge on any atom is -0.402 e. The maximum atomic E-state index is 13.1. The summed E-state index contributed by atoms with van der Waals surface area (Å²) in [7, 11) is -4.80. The average Bonchev–Trinajstić information content (AvgIpc) is 2.74. The Bertz CT molecular complexity index is 1020. The van der Waals surface area contributed by atoms with E-state index in [1.807, 2.05) is 0 Å². The van der Waals surface area contributed by atoms with Crippen molar-refractivity contribution in [2.24, 2.45) is 17.2 Å². The number of nitrogens with one attached hydrogen (secondary N) is 2. The molecule has 0 saturated heterocycles. The molecule has 1 aromatic carbocycles. The van der Waals surface area contributed by atoms with E-state index in [0.717, 1.165) is 6.42 Å². The lowest BCUT2D eigenvalue weighted by atomic mass is 9.80. The van der Waals surface area contributed by atoms with Gasteiger partial charge in [-0.15, -0.1) is 0 Å². The molecule has 194 valence electrons. The summed E-state index contributed by atoms with van der Waals surface area (Å²) in [5.41, 5.74) is 21.3. The van der Waals surface area contributed by atoms with Crippen molar-refractivity contribution in [2.45, 2.75) is 62.6 Å². The van der Waals surface area contributed by atoms with Crippen LogP contribution in [-0.2, 0) is 30.2 Å². The van der Waals surface area contributed by atoms with Crippen LogP contribution in [0.4, 0.5) is 5.69 Å². The second-order valence-corrected chi connectivity index (χ2v) is 9.66. The molecule has 15 heteroatoms. The van der Waals surface area contributed by atoms with Gasteiger partial charge in [-0.05, 0) is 37.0 Å². The maximum absolute atomic E-state index is 13.1. The van der Waals surface area contributed by atoms with Crippen LogP contribution in [0.25, 0.3) is 0 Å². The highest BCUT2D eigenvalue weighted by Crippen LogP contribution is 2.40. The summed E-state index contributed by atoms with van der Waals surface area (Å²) in [6.45, 7) is 0. The molecule has 2 atom stereocenters. The first kappa shape index (κ1) is 28.1. The Kier molecular flexibility index (Phi) is 9.21. The number of carbonyl (C=O) groups excluding carboxylic acids is 4. The summed E-state index contributed by atoms with van der Waals surface area (Å²) < 4.78 is 15.5. The molecule has 35 heavy (non-hydrogen) atoms. The first-order valence-corrected chi connectivity index (χ1v) is 12.4. The minimum absolute atomic E-state index is 0.00445. The summed E-state index contributed by atoms with van der Waals surface area (Å²) in [5.74, 6) is -3.28. The zero-order valence-electron chi connectivity index (χ0n) is 18.9. The number of nitrogen functional groups attached to an aromatic ring is 1. The minimum atomic E-state index is -4.80. The molecule has 0 spiro atoms. The molecule has 0 bridgehead atoms. The van der Waals surface area contributed by atoms with Gasteiger partial charge in [0, 0.05) is 0 Å². The Morgan fingerprint density at radius 3 is 2.26 bits per heavy atom. The molecule has 0 radical (unpaired) electrons. The Morgan fingerprint density at radius 2 is 1.74 bits per heavy atom. The van der Waals surface area contributed by atoms with Gasteiger partial charge in [0.05, 0.1) is 18.2 Å². The number of rotatable bonds is 11. The molecule has 1 aliphatic carbocycles. The van der Waals surface area contributed by atoms with Gasteiger partial charge in [-0.3, -0.25) is 29.0 Å². The van der Waals surface area contributed by atoms with Crippen molar-refractivity contribution in [1.29, 1.82) is 0 Å². The first-order valence-electron chi connectivity index (χ1n) is 10.8. The van der Waals surface area contributed by atoms with E-state index < -0.39 is 55.5 Å². The number of carbonyl (C=O) groups is 4. The van der Waals surface area contributed by atoms with Crippen LogP contribution in [0.15, 0.2) is 18.2 Å². The topological polar surface area (TPSA) is 263 Å². The molecule has 1 fully saturated rings. The number of benzene rings is 1. The van der Waals surface area contributed by atoms with Crippen LogP contribution in [0.1, 0.15) is 44.1 Å². The molecule has 4 amide bonds. The van der Waals surface area contributed by atoms with E-state index in [0.29, 0.717) is 31.2 Å². The lowest BCUT2D eigenvalue weighted by Gasteiger charge is -2.38. The van der Waals surface area contributed by atoms with Crippen LogP contribution >= 0.6 is 7.82 Å². The predicted octanol–water partition coefficient (Wildman–Crippen LogP) is -1.73. The van der Waals surface area contributed by atoms with Crippen LogP contribution in [0.2, 0.25) is 0 Å². The first-order chi connectivity index (χ1) is 16.2. The molecule has 12 N–H and O–H groups in total. The molecule has 1 saturated carbocycles. The molecule has 0 aromatic heterocycles. The smallest absolute Gasteiger partial charge is 0.402 e. The number of hydrogen-bond acceptors (Lipinski definition) is 8. The van der Waals surface area contributed by atoms with Gasteiger partial charge in [0.1, 0.15) is 11.6 Å². The summed E-state index contributed by atoms with van der Waals surface area (Å²) in [6.07, 6.45) is 2.22. The quantitative estimate of drug-likeness (QED) is 0.122. The number of phosphoric ester groups is 1. The van der Waals surface area contributed by atoms with Gasteiger partial charge >= 0.3 is 7.82 Å². The molecule has 1 aromatic rings. The molecule has 0 unspecified atom stereocenters. The Morgan fingerprint density at radius 1 is 1.11 bits per heavy atom. The van der Waals surface area contributed by atoms with Crippen molar-refractivity contribution in [2.75, 3.05) is 5.73 Å². The monoisotopic (exact) mass is 514 g/mol. The lowest BCUT2D eigenvalue weighted by Crippen LogP contribution is -2.64. The second-order valence-electron chi connectivity index (χ2n) is 8.50. The van der Waals surface area contributed by atoms with E-state index in [4.69, 9.17) is 32.7 Å². The molecule has 14 nitrogen and oxygen atoms in total. The third-order valence-electron chi connectivity index (χ3n) is 5.64. The van der Waals surface area contributed by atoms with Gasteiger partial charge in [0.2, 0.25) is 23.6 Å². The van der Waals surface area contributed by atoms with E-state index in [-0.39, 0.29) is 17.9 Å². The van der Waals surface area contributed by atoms with Gasteiger partial charge in [-0.25, -0.2) is 4.57 Å². The summed E-state index contributed by atoms with van der Waals surface area (Å²) >= 11 is 0. The number of anilines is 1. The fourth-order valence-corrected chi connectivity index (χ4v) is 4.32. The van der Waals surface area contributed by atoms with Gasteiger partial charge in [-0.1, -0.05) is 25.3 Å². The number of nitrogens with two attached hydrogens (primary N) is 4. The number of phosphoric acid groups is 1. The highest BCUT2D eigenvalue weighted by Gasteiger charge is 2.43. The normalized spacial score (nSPS) is 17.0. The van der Waals surface area contributed by atoms with Crippen LogP contribution in [0, 0.1) is 0 Å². The summed E-state index contributed by atoms with van der Waals surface area (Å²) in [4.78, 5) is 66.7. The van der Waals surface area contributed by atoms with E-state index >= 15 is 0 Å². The SMILES string of the molecule is NC(=O)C[C@H](NC(=O)C1(NC(=O)[C@@H](N)Cc2ccc(OP(=O)(O)O)c(N)c2)CCCCC1)C(N)=O. The van der Waals surface area contributed by atoms with E-state index in [1.54, 1.807) is 0 Å². The third-order valence-corrected chi connectivity index (χ3v) is 6.08. The molecule has 1 aliphatic rings. The highest BCUT2D eigenvalue weighted by molar-refractivity contribution is 7.46. The van der Waals surface area contributed by atoms with Crippen molar-refractivity contribution >= 4 is 37.1 Å². The van der Waals surface area contributed by atoms with Crippen LogP contribution in [-0.4, -0.2) is 51.0 Å². The van der Waals surface area contributed by atoms with Crippen LogP contribution in [0.5, 0.6) is 5.75 Å². The molecular formula is C20H31N6O8P. The zero-order valence-corrected chi connectivity index (χ0v) is 19.8. The number of hydrogen-bond donors (Lipinski definition) is 8. The van der Waals surface area contributed by atoms with Gasteiger partial charge < -0.3 is 38.1 Å². The van der Waals surface area contributed by atoms with Crippen molar-refractivity contribution in [3.05, 3.63) is 23.8 Å². The molecule has 0 aliphatic heterocycles. The maximum Gasteiger partial charge on any atom is 0.524 e. The molecular weight excluding hydrogens is 483 g/mol. The number of primary amides is 2. The van der Waals surface area contributed by atoms with E-state index in [1.165, 1.54) is 18.2 Å². The van der Waals surface area contributed by atoms with Crippen molar-refractivity contribution in [3.8, 4) is 5.75 Å². The van der Waals surface area contributed by atoms with Crippen LogP contribution < -0.4 is 38.1 Å². The Hall–Kier alpha value is -3.19. The summed E-state index contributed by atoms with van der Waals surface area (Å²) in [5, 5.41) is 5.12. The molecule has 2 rings (SSSR count). The Balaban J connectivity index is 2.13. The number of amides is 4. The van der Waals surface area contributed by atoms with Crippen LogP contribution in [0.3, 0.4) is 0 Å². The van der Waals surface area contributed by atoms with Gasteiger partial charge in [0.15, 0.2) is 5.75 Å². The fraction of sp³-hybridized carbons (Fsp3) is 0.500. The van der Waals surface area contributed by atoms with Crippen molar-refractivity contribution in [3.63, 3.8) is 0 Å². The predicted molar refractivity (Wildman–Crippen MR) is 124 cm³/mol. The van der Waals surface area contributed by atoms with Crippen molar-refractivity contribution < 1.29 is 38.1 Å². The average molecular weight is 514 g/mol. The standard InChI is InChI=1S/C20H31N6O8P/c21-12-8-11(4-5-15(12)34-35(31,32)33)9-13(22)18(29)26-20(6-2-1-3-7-20)19(30)25-14(17(24)28)10-16(23)27/h4-5,8,13-14H,1-3,6-7,9-10,21-22H2,(H2,23,27)(H2,24,28)(H,25,30)(H,26,29)(H2,31,32,33)/t13-,14-/m0/s1. The lowest BCUT2D eigenvalue weighted by molar-refractivity contribution is -0.138. The van der Waals surface area contributed by atoms with Crippen molar-refractivity contribution in [1.82, 2.24) is 10.6 Å². The second kappa shape index (κ2) is 11.5. The summed E-state index contributed by atoms with van der Waals surface area (Å²) in [6, 6.07) is 1.63. The fourth-order valence-electron chi connectivity index (χ4n) is 3.90. The third kappa shape index (κ3) is 8.21. The van der Waals surface area contributed by atoms with Gasteiger partial charge in [0.25, 0.3) is 0 Å². The van der Waals surface area contributed by atoms with Gasteiger partial charge in [-0.2, -0.15) is 0 Å². The van der Waals surface area contributed by atoms with E-state index in [9.17, 15) is 23.7 Å². The van der Waals surface area contributed by atoms with E-state index in [2.05, 4.69) is 15.2 Å². The zero-order chi connectivity index (χ0) is 26.4. The Labute approximate surface area is 201 Å². The highest BCUT2D eigenvalue weighted by atomic mass is 31.2. The molecule has 0 heterocycles.